The van der Waals surface area contributed by atoms with Gasteiger partial charge in [-0.1, -0.05) is 30.3 Å². The summed E-state index contributed by atoms with van der Waals surface area (Å²) in [6.07, 6.45) is 0.809. The van der Waals surface area contributed by atoms with Crippen molar-refractivity contribution < 1.29 is 21.5 Å². The average molecular weight is 207 g/mol. The number of ether oxygens (including phenoxy) is 1. The van der Waals surface area contributed by atoms with E-state index in [1.807, 2.05) is 30.3 Å². The molecule has 1 rings (SSSR count). The molecule has 0 aliphatic rings. The zero-order valence-corrected chi connectivity index (χ0v) is 7.87. The maximum absolute atomic E-state index is 5.18. The molecule has 0 saturated heterocycles. The Morgan fingerprint density at radius 1 is 1.25 bits per heavy atom. The minimum absolute atomic E-state index is 0. The molecular formula is C10H12CoO-. The average Bonchev–Trinajstić information content (AvgIpc) is 2.07. The van der Waals surface area contributed by atoms with Crippen molar-refractivity contribution in [3.63, 3.8) is 0 Å². The maximum atomic E-state index is 5.18. The Kier molecular flexibility index (Phi) is 7.15. The summed E-state index contributed by atoms with van der Waals surface area (Å²) in [5.74, 6) is 0. The predicted molar refractivity (Wildman–Crippen MR) is 45.8 cm³/mol. The Bertz CT molecular complexity index is 186. The van der Waals surface area contributed by atoms with Crippen LogP contribution in [0.3, 0.4) is 0 Å². The van der Waals surface area contributed by atoms with Gasteiger partial charge in [0.05, 0.1) is 0 Å². The Morgan fingerprint density at radius 2 is 1.92 bits per heavy atom. The van der Waals surface area contributed by atoms with Crippen LogP contribution in [0.15, 0.2) is 30.3 Å². The molecule has 0 unspecified atom stereocenters. The van der Waals surface area contributed by atoms with Crippen LogP contribution >= 0.6 is 0 Å². The van der Waals surface area contributed by atoms with Gasteiger partial charge in [0, 0.05) is 23.4 Å². The first-order valence-corrected chi connectivity index (χ1v) is 3.72. The van der Waals surface area contributed by atoms with Crippen LogP contribution in [0.1, 0.15) is 12.0 Å². The zero-order valence-electron chi connectivity index (χ0n) is 6.83. The molecule has 0 aromatic heterocycles. The summed E-state index contributed by atoms with van der Waals surface area (Å²) < 4.78 is 5.18. The van der Waals surface area contributed by atoms with Crippen molar-refractivity contribution in [1.82, 2.24) is 0 Å². The van der Waals surface area contributed by atoms with Crippen LogP contribution in [-0.4, -0.2) is 6.61 Å². The molecule has 0 spiro atoms. The van der Waals surface area contributed by atoms with Gasteiger partial charge in [0.25, 0.3) is 0 Å². The third kappa shape index (κ3) is 4.54. The van der Waals surface area contributed by atoms with Crippen molar-refractivity contribution in [2.75, 3.05) is 6.61 Å². The van der Waals surface area contributed by atoms with Gasteiger partial charge in [-0.3, -0.25) is 0 Å². The number of hydrogen-bond acceptors (Lipinski definition) is 1. The van der Waals surface area contributed by atoms with Crippen molar-refractivity contribution in [2.45, 2.75) is 6.42 Å². The number of benzene rings is 1. The quantitative estimate of drug-likeness (QED) is 0.544. The summed E-state index contributed by atoms with van der Waals surface area (Å²) in [7, 11) is 0. The van der Waals surface area contributed by atoms with Crippen molar-refractivity contribution >= 4 is 0 Å². The molecule has 0 amide bonds. The Hall–Kier alpha value is -0.314. The molecule has 0 N–H and O–H groups in total. The van der Waals surface area contributed by atoms with Gasteiger partial charge in [0.2, 0.25) is 0 Å². The molecule has 12 heavy (non-hydrogen) atoms. The summed E-state index contributed by atoms with van der Waals surface area (Å²) in [4.78, 5) is 0. The number of rotatable bonds is 4. The van der Waals surface area contributed by atoms with Crippen molar-refractivity contribution in [1.29, 1.82) is 0 Å². The smallest absolute Gasteiger partial charge is 0.113 e. The van der Waals surface area contributed by atoms with E-state index in [0.29, 0.717) is 6.61 Å². The van der Waals surface area contributed by atoms with Crippen LogP contribution < -0.4 is 0 Å². The van der Waals surface area contributed by atoms with Crippen LogP contribution in [0.2, 0.25) is 0 Å². The molecule has 0 bridgehead atoms. The van der Waals surface area contributed by atoms with Gasteiger partial charge >= 0.3 is 0 Å². The van der Waals surface area contributed by atoms with E-state index in [1.165, 1.54) is 0 Å². The van der Waals surface area contributed by atoms with Crippen LogP contribution in [0.25, 0.3) is 0 Å². The summed E-state index contributed by atoms with van der Waals surface area (Å²) in [6, 6.07) is 9.96. The van der Waals surface area contributed by atoms with E-state index >= 15 is 0 Å². The minimum Gasteiger partial charge on any atom is -0.373 e. The van der Waals surface area contributed by atoms with E-state index in [1.54, 1.807) is 6.61 Å². The molecule has 0 atom stereocenters. The fourth-order valence-corrected chi connectivity index (χ4v) is 0.770. The van der Waals surface area contributed by atoms with Gasteiger partial charge in [-0.2, -0.15) is 6.42 Å². The van der Waals surface area contributed by atoms with E-state index in [-0.39, 0.29) is 16.8 Å². The molecule has 0 saturated carbocycles. The Labute approximate surface area is 84.3 Å². The van der Waals surface area contributed by atoms with Gasteiger partial charge in [-0.15, -0.1) is 0 Å². The molecule has 2 radical (unpaired) electrons. The normalized spacial score (nSPS) is 9.08. The molecule has 2 heteroatoms. The van der Waals surface area contributed by atoms with Crippen molar-refractivity contribution in [3.05, 3.63) is 49.4 Å². The van der Waals surface area contributed by atoms with E-state index in [0.717, 1.165) is 12.0 Å². The molecule has 1 aromatic rings. The fourth-order valence-electron chi connectivity index (χ4n) is 0.770. The van der Waals surface area contributed by atoms with Gasteiger partial charge in [-0.25, -0.2) is 0 Å². The SMILES string of the molecule is [CH2-]CCO[CH]c1ccccc1.[Co]. The monoisotopic (exact) mass is 207 g/mol. The fraction of sp³-hybridized carbons (Fsp3) is 0.200. The third-order valence-electron chi connectivity index (χ3n) is 1.28. The molecule has 68 valence electrons. The predicted octanol–water partition coefficient (Wildman–Crippen LogP) is 2.43. The van der Waals surface area contributed by atoms with E-state index < -0.39 is 0 Å². The second-order valence-electron chi connectivity index (χ2n) is 2.25. The van der Waals surface area contributed by atoms with Crippen LogP contribution in [-0.2, 0) is 21.5 Å². The van der Waals surface area contributed by atoms with Gasteiger partial charge in [0.1, 0.15) is 6.61 Å². The molecule has 0 fully saturated rings. The van der Waals surface area contributed by atoms with Crippen LogP contribution in [0, 0.1) is 13.5 Å². The summed E-state index contributed by atoms with van der Waals surface area (Å²) in [6.45, 7) is 6.12. The molecule has 0 heterocycles. The van der Waals surface area contributed by atoms with E-state index in [4.69, 9.17) is 4.74 Å². The third-order valence-corrected chi connectivity index (χ3v) is 1.28. The minimum atomic E-state index is 0. The van der Waals surface area contributed by atoms with Gasteiger partial charge < -0.3 is 11.7 Å². The standard InChI is InChI=1S/C10H12O.Co/c1-2-8-11-9-10-6-4-3-5-7-10;/h3-7,9H,1-2,8H2;/q-1;. The molecule has 0 aliphatic carbocycles. The van der Waals surface area contributed by atoms with Crippen LogP contribution in [0.5, 0.6) is 0 Å². The molecule has 1 aromatic carbocycles. The van der Waals surface area contributed by atoms with Gasteiger partial charge in [-0.05, 0) is 5.56 Å². The molecule has 0 aliphatic heterocycles. The molecule has 1 nitrogen and oxygen atoms in total. The zero-order chi connectivity index (χ0) is 7.94. The first-order valence-electron chi connectivity index (χ1n) is 3.72. The largest absolute Gasteiger partial charge is 0.373 e. The van der Waals surface area contributed by atoms with Crippen molar-refractivity contribution in [3.8, 4) is 0 Å². The second kappa shape index (κ2) is 7.34. The maximum Gasteiger partial charge on any atom is 0.113 e. The van der Waals surface area contributed by atoms with Crippen LogP contribution in [0.4, 0.5) is 0 Å². The summed E-state index contributed by atoms with van der Waals surface area (Å²) >= 11 is 0. The summed E-state index contributed by atoms with van der Waals surface area (Å²) in [5.41, 5.74) is 1.10. The summed E-state index contributed by atoms with van der Waals surface area (Å²) in [5, 5.41) is 0. The first kappa shape index (κ1) is 11.7. The Balaban J connectivity index is 0.00000121. The van der Waals surface area contributed by atoms with E-state index in [2.05, 4.69) is 6.92 Å². The molecular weight excluding hydrogens is 195 g/mol. The van der Waals surface area contributed by atoms with Gasteiger partial charge in [0.15, 0.2) is 0 Å². The number of hydrogen-bond donors (Lipinski definition) is 0. The topological polar surface area (TPSA) is 9.23 Å². The van der Waals surface area contributed by atoms with Crippen molar-refractivity contribution in [2.24, 2.45) is 0 Å². The second-order valence-corrected chi connectivity index (χ2v) is 2.25. The Morgan fingerprint density at radius 3 is 2.50 bits per heavy atom. The van der Waals surface area contributed by atoms with E-state index in [9.17, 15) is 0 Å². The first-order chi connectivity index (χ1) is 5.43.